The van der Waals surface area contributed by atoms with Crippen molar-refractivity contribution in [2.24, 2.45) is 0 Å². The number of methoxy groups -OCH3 is 1. The Morgan fingerprint density at radius 3 is 2.35 bits per heavy atom. The molecule has 2 aromatic rings. The van der Waals surface area contributed by atoms with Gasteiger partial charge in [-0.2, -0.15) is 0 Å². The fourth-order valence-electron chi connectivity index (χ4n) is 1.83. The minimum atomic E-state index is -1.26. The molecule has 2 rings (SSSR count). The number of phenols is 1. The number of phenolic OH excluding ortho intramolecular Hbond substituents is 1. The first-order valence-electron chi connectivity index (χ1n) is 6.62. The molecule has 7 heteroatoms. The van der Waals surface area contributed by atoms with E-state index >= 15 is 0 Å². The standard InChI is InChI=1S/C16H15NO6/c1-22-11-3-5-12(6-4-11)23-9-15(19)17-14-7-2-10(18)8-13(14)16(20)21/h2-8,18H,9H2,1H3,(H,17,19)(H,20,21). The van der Waals surface area contributed by atoms with Crippen molar-refractivity contribution < 1.29 is 29.3 Å². The lowest BCUT2D eigenvalue weighted by Crippen LogP contribution is -2.21. The van der Waals surface area contributed by atoms with Crippen LogP contribution < -0.4 is 14.8 Å². The second-order valence-corrected chi connectivity index (χ2v) is 4.55. The van der Waals surface area contributed by atoms with Gasteiger partial charge in [0.05, 0.1) is 18.4 Å². The van der Waals surface area contributed by atoms with Gasteiger partial charge in [-0.3, -0.25) is 4.79 Å². The zero-order chi connectivity index (χ0) is 16.8. The van der Waals surface area contributed by atoms with Crippen molar-refractivity contribution in [2.75, 3.05) is 19.0 Å². The van der Waals surface area contributed by atoms with Crippen LogP contribution in [-0.4, -0.2) is 35.8 Å². The van der Waals surface area contributed by atoms with Gasteiger partial charge in [0.2, 0.25) is 0 Å². The maximum absolute atomic E-state index is 11.9. The molecule has 0 atom stereocenters. The summed E-state index contributed by atoms with van der Waals surface area (Å²) in [5, 5.41) is 20.8. The number of benzene rings is 2. The zero-order valence-electron chi connectivity index (χ0n) is 12.3. The second kappa shape index (κ2) is 7.17. The van der Waals surface area contributed by atoms with E-state index in [2.05, 4.69) is 5.32 Å². The summed E-state index contributed by atoms with van der Waals surface area (Å²) in [6.45, 7) is -0.285. The van der Waals surface area contributed by atoms with Crippen LogP contribution in [0.5, 0.6) is 17.2 Å². The number of hydrogen-bond donors (Lipinski definition) is 3. The van der Waals surface area contributed by atoms with E-state index in [-0.39, 0.29) is 23.6 Å². The highest BCUT2D eigenvalue weighted by Gasteiger charge is 2.13. The number of carboxylic acids is 1. The molecule has 7 nitrogen and oxygen atoms in total. The molecule has 0 aliphatic carbocycles. The largest absolute Gasteiger partial charge is 0.508 e. The third-order valence-electron chi connectivity index (χ3n) is 2.94. The predicted octanol–water partition coefficient (Wildman–Crippen LogP) is 2.12. The third kappa shape index (κ3) is 4.37. The number of carbonyl (C=O) groups excluding carboxylic acids is 1. The molecule has 0 heterocycles. The third-order valence-corrected chi connectivity index (χ3v) is 2.94. The SMILES string of the molecule is COc1ccc(OCC(=O)Nc2ccc(O)cc2C(=O)O)cc1. The molecule has 0 spiro atoms. The molecule has 0 radical (unpaired) electrons. The predicted molar refractivity (Wildman–Crippen MR) is 82.2 cm³/mol. The molecule has 0 unspecified atom stereocenters. The monoisotopic (exact) mass is 317 g/mol. The molecule has 0 saturated carbocycles. The van der Waals surface area contributed by atoms with Crippen LogP contribution in [0.1, 0.15) is 10.4 Å². The smallest absolute Gasteiger partial charge is 0.337 e. The van der Waals surface area contributed by atoms with Crippen LogP contribution in [0.3, 0.4) is 0 Å². The van der Waals surface area contributed by atoms with Crippen LogP contribution in [0.2, 0.25) is 0 Å². The second-order valence-electron chi connectivity index (χ2n) is 4.55. The molecule has 120 valence electrons. The first kappa shape index (κ1) is 16.2. The van der Waals surface area contributed by atoms with Crippen molar-refractivity contribution in [1.82, 2.24) is 0 Å². The highest BCUT2D eigenvalue weighted by Crippen LogP contribution is 2.21. The van der Waals surface area contributed by atoms with Crippen LogP contribution in [0.4, 0.5) is 5.69 Å². The van der Waals surface area contributed by atoms with E-state index in [1.165, 1.54) is 12.1 Å². The van der Waals surface area contributed by atoms with Gasteiger partial charge in [-0.1, -0.05) is 0 Å². The van der Waals surface area contributed by atoms with Crippen LogP contribution in [-0.2, 0) is 4.79 Å². The minimum Gasteiger partial charge on any atom is -0.508 e. The Hall–Kier alpha value is -3.22. The van der Waals surface area contributed by atoms with Crippen molar-refractivity contribution >= 4 is 17.6 Å². The van der Waals surface area contributed by atoms with Gasteiger partial charge in [0, 0.05) is 0 Å². The summed E-state index contributed by atoms with van der Waals surface area (Å²) in [7, 11) is 1.54. The highest BCUT2D eigenvalue weighted by atomic mass is 16.5. The molecule has 0 bridgehead atoms. The van der Waals surface area contributed by atoms with E-state index in [1.54, 1.807) is 31.4 Å². The first-order chi connectivity index (χ1) is 11.0. The summed E-state index contributed by atoms with van der Waals surface area (Å²) in [6.07, 6.45) is 0. The lowest BCUT2D eigenvalue weighted by Gasteiger charge is -2.10. The van der Waals surface area contributed by atoms with E-state index in [4.69, 9.17) is 14.6 Å². The number of nitrogens with one attached hydrogen (secondary N) is 1. The van der Waals surface area contributed by atoms with Gasteiger partial charge in [-0.25, -0.2) is 4.79 Å². The number of aromatic hydroxyl groups is 1. The number of amides is 1. The normalized spacial score (nSPS) is 9.96. The average Bonchev–Trinajstić information content (AvgIpc) is 2.55. The van der Waals surface area contributed by atoms with Crippen molar-refractivity contribution in [3.05, 3.63) is 48.0 Å². The van der Waals surface area contributed by atoms with Crippen LogP contribution in [0, 0.1) is 0 Å². The van der Waals surface area contributed by atoms with Crippen LogP contribution in [0.25, 0.3) is 0 Å². The van der Waals surface area contributed by atoms with Gasteiger partial charge in [0.15, 0.2) is 6.61 Å². The van der Waals surface area contributed by atoms with Gasteiger partial charge < -0.3 is 25.0 Å². The molecule has 0 aromatic heterocycles. The molecule has 0 fully saturated rings. The molecule has 0 saturated heterocycles. The Kier molecular flexibility index (Phi) is 5.03. The van der Waals surface area contributed by atoms with Gasteiger partial charge in [0.25, 0.3) is 5.91 Å². The zero-order valence-corrected chi connectivity index (χ0v) is 12.3. The van der Waals surface area contributed by atoms with Gasteiger partial charge in [-0.05, 0) is 42.5 Å². The number of carboxylic acid groups (broad SMARTS) is 1. The fraction of sp³-hybridized carbons (Fsp3) is 0.125. The lowest BCUT2D eigenvalue weighted by molar-refractivity contribution is -0.118. The van der Waals surface area contributed by atoms with E-state index in [0.29, 0.717) is 11.5 Å². The lowest BCUT2D eigenvalue weighted by atomic mass is 10.1. The van der Waals surface area contributed by atoms with Gasteiger partial charge in [-0.15, -0.1) is 0 Å². The summed E-state index contributed by atoms with van der Waals surface area (Å²) in [4.78, 5) is 22.9. The number of carbonyl (C=O) groups is 2. The Morgan fingerprint density at radius 1 is 1.09 bits per heavy atom. The minimum absolute atomic E-state index is 0.0821. The topological polar surface area (TPSA) is 105 Å². The molecular weight excluding hydrogens is 302 g/mol. The molecule has 23 heavy (non-hydrogen) atoms. The highest BCUT2D eigenvalue weighted by molar-refractivity contribution is 6.01. The van der Waals surface area contributed by atoms with Crippen molar-refractivity contribution in [2.45, 2.75) is 0 Å². The fourth-order valence-corrected chi connectivity index (χ4v) is 1.83. The summed E-state index contributed by atoms with van der Waals surface area (Å²) in [6, 6.07) is 10.3. The van der Waals surface area contributed by atoms with Crippen molar-refractivity contribution in [1.29, 1.82) is 0 Å². The summed E-state index contributed by atoms with van der Waals surface area (Å²) >= 11 is 0. The number of hydrogen-bond acceptors (Lipinski definition) is 5. The van der Waals surface area contributed by atoms with E-state index < -0.39 is 11.9 Å². The number of rotatable bonds is 6. The number of aromatic carboxylic acids is 1. The number of ether oxygens (including phenoxy) is 2. The maximum atomic E-state index is 11.9. The molecule has 0 aliphatic heterocycles. The quantitative estimate of drug-likeness (QED) is 0.705. The van der Waals surface area contributed by atoms with E-state index in [1.807, 2.05) is 0 Å². The maximum Gasteiger partial charge on any atom is 0.337 e. The van der Waals surface area contributed by atoms with E-state index in [9.17, 15) is 14.7 Å². The summed E-state index contributed by atoms with van der Waals surface area (Å²) in [5.41, 5.74) is -0.124. The molecule has 0 aliphatic rings. The molecule has 3 N–H and O–H groups in total. The van der Waals surface area contributed by atoms with Crippen molar-refractivity contribution in [3.63, 3.8) is 0 Å². The van der Waals surface area contributed by atoms with Crippen LogP contribution in [0.15, 0.2) is 42.5 Å². The first-order valence-corrected chi connectivity index (χ1v) is 6.62. The van der Waals surface area contributed by atoms with Crippen molar-refractivity contribution in [3.8, 4) is 17.2 Å². The van der Waals surface area contributed by atoms with Gasteiger partial charge in [0.1, 0.15) is 17.2 Å². The van der Waals surface area contributed by atoms with Crippen LogP contribution >= 0.6 is 0 Å². The molecular formula is C16H15NO6. The molecule has 2 aromatic carbocycles. The summed E-state index contributed by atoms with van der Waals surface area (Å²) in [5.74, 6) is -0.835. The van der Waals surface area contributed by atoms with E-state index in [0.717, 1.165) is 6.07 Å². The Labute approximate surface area is 132 Å². The number of anilines is 1. The average molecular weight is 317 g/mol. The summed E-state index contributed by atoms with van der Waals surface area (Å²) < 4.78 is 10.3. The Morgan fingerprint density at radius 2 is 1.74 bits per heavy atom. The van der Waals surface area contributed by atoms with Gasteiger partial charge >= 0.3 is 5.97 Å². The Balaban J connectivity index is 1.98. The Bertz CT molecular complexity index is 711. The molecule has 1 amide bonds.